The van der Waals surface area contributed by atoms with E-state index in [-0.39, 0.29) is 0 Å². The van der Waals surface area contributed by atoms with Crippen LogP contribution in [0.5, 0.6) is 0 Å². The number of nitrogens with one attached hydrogen (secondary N) is 1. The molecule has 90 valence electrons. The van der Waals surface area contributed by atoms with Crippen LogP contribution in [0.2, 0.25) is 5.02 Å². The molecule has 2 nitrogen and oxygen atoms in total. The zero-order valence-corrected chi connectivity index (χ0v) is 11.8. The third kappa shape index (κ3) is 2.84. The van der Waals surface area contributed by atoms with Crippen molar-refractivity contribution in [1.29, 1.82) is 5.26 Å². The van der Waals surface area contributed by atoms with Crippen molar-refractivity contribution in [2.45, 2.75) is 6.54 Å². The number of hydrogen-bond acceptors (Lipinski definition) is 2. The summed E-state index contributed by atoms with van der Waals surface area (Å²) in [5.41, 5.74) is 2.40. The first-order valence-corrected chi connectivity index (χ1v) is 6.55. The number of hydrogen-bond donors (Lipinski definition) is 1. The highest BCUT2D eigenvalue weighted by Crippen LogP contribution is 2.25. The molecule has 0 unspecified atom stereocenters. The van der Waals surface area contributed by atoms with Gasteiger partial charge in [-0.2, -0.15) is 5.26 Å². The highest BCUT2D eigenvalue weighted by Gasteiger charge is 2.06. The molecule has 2 aromatic carbocycles. The first-order valence-electron chi connectivity index (χ1n) is 5.38. The van der Waals surface area contributed by atoms with Crippen LogP contribution in [-0.4, -0.2) is 0 Å². The molecule has 2 rings (SSSR count). The summed E-state index contributed by atoms with van der Waals surface area (Å²) in [7, 11) is 0. The molecular formula is C14H10BrClN2. The quantitative estimate of drug-likeness (QED) is 0.897. The van der Waals surface area contributed by atoms with Gasteiger partial charge in [0.05, 0.1) is 11.3 Å². The number of anilines is 1. The van der Waals surface area contributed by atoms with E-state index in [9.17, 15) is 0 Å². The van der Waals surface area contributed by atoms with Crippen molar-refractivity contribution in [3.8, 4) is 6.07 Å². The highest BCUT2D eigenvalue weighted by molar-refractivity contribution is 9.10. The third-order valence-corrected chi connectivity index (χ3v) is 3.58. The van der Waals surface area contributed by atoms with Gasteiger partial charge in [-0.15, -0.1) is 0 Å². The first-order chi connectivity index (χ1) is 8.72. The largest absolute Gasteiger partial charge is 0.380 e. The molecule has 0 radical (unpaired) electrons. The number of nitriles is 1. The van der Waals surface area contributed by atoms with Gasteiger partial charge in [0.2, 0.25) is 0 Å². The van der Waals surface area contributed by atoms with Crippen molar-refractivity contribution >= 4 is 33.2 Å². The number of nitrogens with zero attached hydrogens (tertiary/aromatic N) is 1. The van der Waals surface area contributed by atoms with Gasteiger partial charge in [0.1, 0.15) is 6.07 Å². The molecule has 0 aliphatic heterocycles. The van der Waals surface area contributed by atoms with E-state index < -0.39 is 0 Å². The minimum atomic E-state index is 0.588. The van der Waals surface area contributed by atoms with Gasteiger partial charge in [-0.05, 0) is 39.7 Å². The highest BCUT2D eigenvalue weighted by atomic mass is 79.9. The van der Waals surface area contributed by atoms with Crippen LogP contribution in [0, 0.1) is 11.3 Å². The lowest BCUT2D eigenvalue weighted by molar-refractivity contribution is 1.14. The van der Waals surface area contributed by atoms with E-state index in [4.69, 9.17) is 16.9 Å². The fourth-order valence-corrected chi connectivity index (χ4v) is 2.27. The average Bonchev–Trinajstić information content (AvgIpc) is 2.38. The maximum absolute atomic E-state index is 9.10. The van der Waals surface area contributed by atoms with E-state index in [1.54, 1.807) is 0 Å². The third-order valence-electron chi connectivity index (χ3n) is 2.55. The fraction of sp³-hybridized carbons (Fsp3) is 0.0714. The number of rotatable bonds is 3. The van der Waals surface area contributed by atoms with Crippen molar-refractivity contribution in [1.82, 2.24) is 0 Å². The molecule has 0 bridgehead atoms. The smallest absolute Gasteiger partial charge is 0.103 e. The molecule has 0 aliphatic rings. The number of benzene rings is 2. The van der Waals surface area contributed by atoms with Crippen LogP contribution in [0.3, 0.4) is 0 Å². The molecule has 0 saturated heterocycles. The first kappa shape index (κ1) is 12.9. The zero-order chi connectivity index (χ0) is 13.0. The van der Waals surface area contributed by atoms with Crippen LogP contribution < -0.4 is 5.32 Å². The summed E-state index contributed by atoms with van der Waals surface area (Å²) in [5.74, 6) is 0. The molecule has 0 aliphatic carbocycles. The molecule has 0 spiro atoms. The average molecular weight is 322 g/mol. The molecule has 0 saturated carbocycles. The Balaban J connectivity index is 2.19. The van der Waals surface area contributed by atoms with Crippen LogP contribution in [0.1, 0.15) is 11.1 Å². The number of halogens is 2. The topological polar surface area (TPSA) is 35.8 Å². The second kappa shape index (κ2) is 5.90. The summed E-state index contributed by atoms with van der Waals surface area (Å²) in [6.07, 6.45) is 0. The summed E-state index contributed by atoms with van der Waals surface area (Å²) < 4.78 is 0.786. The van der Waals surface area contributed by atoms with Crippen LogP contribution >= 0.6 is 27.5 Å². The van der Waals surface area contributed by atoms with Crippen LogP contribution in [0.25, 0.3) is 0 Å². The lowest BCUT2D eigenvalue weighted by Gasteiger charge is -2.10. The Morgan fingerprint density at radius 2 is 1.94 bits per heavy atom. The summed E-state index contributed by atoms with van der Waals surface area (Å²) in [6, 6.07) is 15.4. The maximum atomic E-state index is 9.10. The van der Waals surface area contributed by atoms with Gasteiger partial charge in [-0.1, -0.05) is 35.9 Å². The summed E-state index contributed by atoms with van der Waals surface area (Å²) in [4.78, 5) is 0. The van der Waals surface area contributed by atoms with E-state index in [0.29, 0.717) is 12.1 Å². The Kier molecular flexibility index (Phi) is 4.24. The molecule has 4 heteroatoms. The molecule has 0 amide bonds. The summed E-state index contributed by atoms with van der Waals surface area (Å²) in [6.45, 7) is 0.588. The Bertz CT molecular complexity index is 605. The normalized spacial score (nSPS) is 9.83. The van der Waals surface area contributed by atoms with Crippen LogP contribution in [0.15, 0.2) is 46.9 Å². The van der Waals surface area contributed by atoms with Crippen molar-refractivity contribution in [3.05, 3.63) is 63.1 Å². The van der Waals surface area contributed by atoms with Gasteiger partial charge in [-0.25, -0.2) is 0 Å². The van der Waals surface area contributed by atoms with Gasteiger partial charge in [0.15, 0.2) is 0 Å². The van der Waals surface area contributed by atoms with Gasteiger partial charge < -0.3 is 5.32 Å². The van der Waals surface area contributed by atoms with E-state index in [1.165, 1.54) is 0 Å². The monoisotopic (exact) mass is 320 g/mol. The molecule has 1 N–H and O–H groups in total. The Hall–Kier alpha value is -1.50. The second-order valence-corrected chi connectivity index (χ2v) is 4.98. The van der Waals surface area contributed by atoms with E-state index in [0.717, 1.165) is 20.7 Å². The van der Waals surface area contributed by atoms with Gasteiger partial charge >= 0.3 is 0 Å². The predicted molar refractivity (Wildman–Crippen MR) is 77.6 cm³/mol. The van der Waals surface area contributed by atoms with Crippen LogP contribution in [0.4, 0.5) is 5.69 Å². The SMILES string of the molecule is N#Cc1c(Br)cccc1NCc1ccccc1Cl. The van der Waals surface area contributed by atoms with Crippen molar-refractivity contribution < 1.29 is 0 Å². The molecule has 18 heavy (non-hydrogen) atoms. The predicted octanol–water partition coefficient (Wildman–Crippen LogP) is 4.59. The van der Waals surface area contributed by atoms with Crippen molar-refractivity contribution in [3.63, 3.8) is 0 Å². The molecule has 0 atom stereocenters. The van der Waals surface area contributed by atoms with Gasteiger partial charge in [-0.3, -0.25) is 0 Å². The van der Waals surface area contributed by atoms with Crippen LogP contribution in [-0.2, 0) is 6.54 Å². The maximum Gasteiger partial charge on any atom is 0.103 e. The molecular weight excluding hydrogens is 312 g/mol. The Labute approximate surface area is 119 Å². The zero-order valence-electron chi connectivity index (χ0n) is 9.45. The lowest BCUT2D eigenvalue weighted by Crippen LogP contribution is -2.02. The second-order valence-electron chi connectivity index (χ2n) is 3.72. The molecule has 0 heterocycles. The van der Waals surface area contributed by atoms with E-state index >= 15 is 0 Å². The Morgan fingerprint density at radius 3 is 2.67 bits per heavy atom. The van der Waals surface area contributed by atoms with Gasteiger partial charge in [0.25, 0.3) is 0 Å². The standard InChI is InChI=1S/C14H10BrClN2/c15-12-5-3-7-14(11(12)8-17)18-9-10-4-1-2-6-13(10)16/h1-7,18H,9H2. The lowest BCUT2D eigenvalue weighted by atomic mass is 10.1. The van der Waals surface area contributed by atoms with Crippen molar-refractivity contribution in [2.75, 3.05) is 5.32 Å². The van der Waals surface area contributed by atoms with E-state index in [2.05, 4.69) is 27.3 Å². The summed E-state index contributed by atoms with van der Waals surface area (Å²) >= 11 is 9.44. The molecule has 0 fully saturated rings. The van der Waals surface area contributed by atoms with E-state index in [1.807, 2.05) is 42.5 Å². The van der Waals surface area contributed by atoms with Crippen molar-refractivity contribution in [2.24, 2.45) is 0 Å². The summed E-state index contributed by atoms with van der Waals surface area (Å²) in [5, 5.41) is 13.1. The Morgan fingerprint density at radius 1 is 1.17 bits per heavy atom. The minimum Gasteiger partial charge on any atom is -0.380 e. The fourth-order valence-electron chi connectivity index (χ4n) is 1.62. The molecule has 2 aromatic rings. The van der Waals surface area contributed by atoms with Gasteiger partial charge in [0, 0.05) is 16.0 Å². The minimum absolute atomic E-state index is 0.588. The molecule has 0 aromatic heterocycles.